The minimum atomic E-state index is -0.114. The summed E-state index contributed by atoms with van der Waals surface area (Å²) >= 11 is 7.71. The van der Waals surface area contributed by atoms with Crippen molar-refractivity contribution in [3.8, 4) is 5.75 Å². The minimum Gasteiger partial charge on any atom is -0.484 e. The van der Waals surface area contributed by atoms with Gasteiger partial charge in [0.15, 0.2) is 6.61 Å². The van der Waals surface area contributed by atoms with Crippen LogP contribution in [0.3, 0.4) is 0 Å². The van der Waals surface area contributed by atoms with Gasteiger partial charge in [-0.25, -0.2) is 0 Å². The maximum atomic E-state index is 12.3. The van der Waals surface area contributed by atoms with E-state index >= 15 is 0 Å². The third-order valence-corrected chi connectivity index (χ3v) is 6.02. The van der Waals surface area contributed by atoms with Gasteiger partial charge < -0.3 is 15.0 Å². The summed E-state index contributed by atoms with van der Waals surface area (Å²) in [6.07, 6.45) is 0. The Morgan fingerprint density at radius 2 is 2.07 bits per heavy atom. The van der Waals surface area contributed by atoms with Gasteiger partial charge in [-0.15, -0.1) is 0 Å². The molecule has 1 atom stereocenters. The molecule has 5 nitrogen and oxygen atoms in total. The predicted octanol–water partition coefficient (Wildman–Crippen LogP) is 3.19. The van der Waals surface area contributed by atoms with Crippen LogP contribution in [0.25, 0.3) is 0 Å². The zero-order chi connectivity index (χ0) is 19.2. The van der Waals surface area contributed by atoms with E-state index in [1.807, 2.05) is 13.0 Å². The van der Waals surface area contributed by atoms with Gasteiger partial charge in [-0.3, -0.25) is 9.69 Å². The Balaban J connectivity index is 1.53. The average Bonchev–Trinajstić information content (AvgIpc) is 3.19. The van der Waals surface area contributed by atoms with E-state index in [0.717, 1.165) is 31.7 Å². The van der Waals surface area contributed by atoms with Gasteiger partial charge in [-0.1, -0.05) is 11.6 Å². The van der Waals surface area contributed by atoms with E-state index in [4.69, 9.17) is 16.3 Å². The molecular weight excluding hydrogens is 382 g/mol. The van der Waals surface area contributed by atoms with Crippen molar-refractivity contribution >= 4 is 28.8 Å². The highest BCUT2D eigenvalue weighted by Gasteiger charge is 2.24. The van der Waals surface area contributed by atoms with Crippen LogP contribution < -0.4 is 10.1 Å². The molecule has 1 aromatic heterocycles. The number of nitrogens with one attached hydrogen (secondary N) is 1. The lowest BCUT2D eigenvalue weighted by molar-refractivity contribution is -0.123. The van der Waals surface area contributed by atoms with Gasteiger partial charge in [0.2, 0.25) is 0 Å². The molecule has 3 rings (SSSR count). The molecule has 27 heavy (non-hydrogen) atoms. The third kappa shape index (κ3) is 5.69. The van der Waals surface area contributed by atoms with Crippen molar-refractivity contribution in [1.29, 1.82) is 0 Å². The fourth-order valence-corrected chi connectivity index (χ4v) is 4.00. The number of halogens is 1. The highest BCUT2D eigenvalue weighted by molar-refractivity contribution is 7.07. The molecule has 0 spiro atoms. The second-order valence-electron chi connectivity index (χ2n) is 6.92. The van der Waals surface area contributed by atoms with Crippen LogP contribution in [0.1, 0.15) is 17.2 Å². The molecule has 1 unspecified atom stereocenters. The van der Waals surface area contributed by atoms with Gasteiger partial charge in [0.1, 0.15) is 5.75 Å². The highest BCUT2D eigenvalue weighted by Crippen LogP contribution is 2.24. The third-order valence-electron chi connectivity index (χ3n) is 4.90. The first kappa shape index (κ1) is 20.1. The lowest BCUT2D eigenvalue weighted by Crippen LogP contribution is -2.48. The zero-order valence-corrected chi connectivity index (χ0v) is 17.4. The molecule has 1 aromatic carbocycles. The summed E-state index contributed by atoms with van der Waals surface area (Å²) in [4.78, 5) is 17.1. The molecule has 146 valence electrons. The number of likely N-dealkylation sites (N-methyl/N-ethyl adjacent to an activating group) is 1. The number of aryl methyl sites for hydroxylation is 1. The van der Waals surface area contributed by atoms with Gasteiger partial charge in [0.05, 0.1) is 6.04 Å². The first-order valence-corrected chi connectivity index (χ1v) is 10.5. The van der Waals surface area contributed by atoms with Crippen molar-refractivity contribution in [3.63, 3.8) is 0 Å². The second kappa shape index (κ2) is 9.55. The Morgan fingerprint density at radius 1 is 1.30 bits per heavy atom. The lowest BCUT2D eigenvalue weighted by Gasteiger charge is -2.38. The first-order chi connectivity index (χ1) is 13.0. The standard InChI is InChI=1S/C20H26ClN3O2S/c1-15-11-17(3-4-18(15)21)26-13-20(25)22-12-19(16-5-10-27-14-16)24-8-6-23(2)7-9-24/h3-5,10-11,14,19H,6-9,12-13H2,1-2H3,(H,22,25). The number of rotatable bonds is 7. The van der Waals surface area contributed by atoms with Crippen molar-refractivity contribution in [2.45, 2.75) is 13.0 Å². The van der Waals surface area contributed by atoms with Gasteiger partial charge in [-0.05, 0) is 60.1 Å². The van der Waals surface area contributed by atoms with Crippen LogP contribution in [-0.2, 0) is 4.79 Å². The summed E-state index contributed by atoms with van der Waals surface area (Å²) < 4.78 is 5.60. The Morgan fingerprint density at radius 3 is 2.74 bits per heavy atom. The van der Waals surface area contributed by atoms with Crippen LogP contribution in [0.4, 0.5) is 0 Å². The van der Waals surface area contributed by atoms with Gasteiger partial charge in [0.25, 0.3) is 5.91 Å². The zero-order valence-electron chi connectivity index (χ0n) is 15.8. The highest BCUT2D eigenvalue weighted by atomic mass is 35.5. The molecular formula is C20H26ClN3O2S. The quantitative estimate of drug-likeness (QED) is 0.765. The van der Waals surface area contributed by atoms with Crippen molar-refractivity contribution in [2.24, 2.45) is 0 Å². The van der Waals surface area contributed by atoms with Gasteiger partial charge in [-0.2, -0.15) is 11.3 Å². The maximum absolute atomic E-state index is 12.3. The SMILES string of the molecule is Cc1cc(OCC(=O)NCC(c2ccsc2)N2CCN(C)CC2)ccc1Cl. The van der Waals surface area contributed by atoms with E-state index in [-0.39, 0.29) is 18.6 Å². The molecule has 1 fully saturated rings. The van der Waals surface area contributed by atoms with Crippen LogP contribution in [0.5, 0.6) is 5.75 Å². The summed E-state index contributed by atoms with van der Waals surface area (Å²) in [6, 6.07) is 7.75. The number of carbonyl (C=O) groups is 1. The fourth-order valence-electron chi connectivity index (χ4n) is 3.17. The molecule has 0 saturated carbocycles. The number of thiophene rings is 1. The number of amides is 1. The molecule has 1 aliphatic rings. The largest absolute Gasteiger partial charge is 0.484 e. The number of piperazine rings is 1. The first-order valence-electron chi connectivity index (χ1n) is 9.13. The molecule has 1 aliphatic heterocycles. The number of carbonyl (C=O) groups excluding carboxylic acids is 1. The van der Waals surface area contributed by atoms with Crippen molar-refractivity contribution < 1.29 is 9.53 Å². The molecule has 2 heterocycles. The van der Waals surface area contributed by atoms with Crippen LogP contribution in [-0.4, -0.2) is 62.1 Å². The van der Waals surface area contributed by atoms with Crippen molar-refractivity contribution in [1.82, 2.24) is 15.1 Å². The Kier molecular flexibility index (Phi) is 7.13. The summed E-state index contributed by atoms with van der Waals surface area (Å²) in [6.45, 7) is 6.61. The molecule has 2 aromatic rings. The van der Waals surface area contributed by atoms with E-state index in [1.54, 1.807) is 23.5 Å². The number of ether oxygens (including phenoxy) is 1. The molecule has 7 heteroatoms. The van der Waals surface area contributed by atoms with Gasteiger partial charge in [0, 0.05) is 37.7 Å². The normalized spacial score (nSPS) is 16.9. The smallest absolute Gasteiger partial charge is 0.258 e. The van der Waals surface area contributed by atoms with Crippen LogP contribution in [0.2, 0.25) is 5.02 Å². The molecule has 1 N–H and O–H groups in total. The van der Waals surface area contributed by atoms with Crippen LogP contribution in [0, 0.1) is 6.92 Å². The van der Waals surface area contributed by atoms with E-state index in [9.17, 15) is 4.79 Å². The second-order valence-corrected chi connectivity index (χ2v) is 8.10. The van der Waals surface area contributed by atoms with E-state index in [0.29, 0.717) is 17.3 Å². The maximum Gasteiger partial charge on any atom is 0.258 e. The Labute approximate surface area is 169 Å². The monoisotopic (exact) mass is 407 g/mol. The van der Waals surface area contributed by atoms with E-state index in [2.05, 4.69) is 39.0 Å². The molecule has 1 saturated heterocycles. The van der Waals surface area contributed by atoms with Crippen molar-refractivity contribution in [3.05, 3.63) is 51.2 Å². The van der Waals surface area contributed by atoms with Crippen LogP contribution in [0.15, 0.2) is 35.0 Å². The summed E-state index contributed by atoms with van der Waals surface area (Å²) in [5.41, 5.74) is 2.20. The predicted molar refractivity (Wildman–Crippen MR) is 111 cm³/mol. The lowest BCUT2D eigenvalue weighted by atomic mass is 10.1. The number of hydrogen-bond acceptors (Lipinski definition) is 5. The summed E-state index contributed by atoms with van der Waals surface area (Å²) in [7, 11) is 2.15. The van der Waals surface area contributed by atoms with Crippen molar-refractivity contribution in [2.75, 3.05) is 46.4 Å². The number of nitrogens with zero attached hydrogens (tertiary/aromatic N) is 2. The Hall–Kier alpha value is -1.60. The van der Waals surface area contributed by atoms with Crippen LogP contribution >= 0.6 is 22.9 Å². The van der Waals surface area contributed by atoms with E-state index < -0.39 is 0 Å². The average molecular weight is 408 g/mol. The number of benzene rings is 1. The van der Waals surface area contributed by atoms with Gasteiger partial charge >= 0.3 is 0 Å². The molecule has 0 bridgehead atoms. The number of hydrogen-bond donors (Lipinski definition) is 1. The van der Waals surface area contributed by atoms with E-state index in [1.165, 1.54) is 5.56 Å². The Bertz CT molecular complexity index is 746. The molecule has 0 aliphatic carbocycles. The topological polar surface area (TPSA) is 44.8 Å². The fraction of sp³-hybridized carbons (Fsp3) is 0.450. The summed E-state index contributed by atoms with van der Waals surface area (Å²) in [5.74, 6) is 0.539. The minimum absolute atomic E-state index is 0.000166. The summed E-state index contributed by atoms with van der Waals surface area (Å²) in [5, 5.41) is 7.99. The molecule has 1 amide bonds. The molecule has 0 radical (unpaired) electrons.